The molecule has 0 saturated heterocycles. The lowest BCUT2D eigenvalue weighted by molar-refractivity contribution is -0.139. The molecule has 78 valence electrons. The van der Waals surface area contributed by atoms with E-state index in [1.165, 1.54) is 0 Å². The van der Waals surface area contributed by atoms with Crippen molar-refractivity contribution in [2.45, 2.75) is 18.9 Å². The van der Waals surface area contributed by atoms with Gasteiger partial charge in [0.15, 0.2) is 0 Å². The van der Waals surface area contributed by atoms with Crippen LogP contribution in [0.15, 0.2) is 24.3 Å². The standard InChI is InChI=1S/C10H15NO3/c11-8(9(13)14)6-10(7-12)4-2-1-3-5-10/h1-4,8,12H,5-7,11H2,(H,13,14)/t8-,10?/m0/s1. The van der Waals surface area contributed by atoms with Crippen LogP contribution in [0.3, 0.4) is 0 Å². The Bertz CT molecular complexity index is 273. The van der Waals surface area contributed by atoms with Crippen LogP contribution in [-0.2, 0) is 4.79 Å². The predicted octanol–water partition coefficient (Wildman–Crippen LogP) is 0.283. The van der Waals surface area contributed by atoms with Crippen molar-refractivity contribution in [2.24, 2.45) is 11.1 Å². The van der Waals surface area contributed by atoms with Crippen LogP contribution in [0.2, 0.25) is 0 Å². The van der Waals surface area contributed by atoms with Crippen LogP contribution in [0.1, 0.15) is 12.8 Å². The van der Waals surface area contributed by atoms with Crippen LogP contribution in [0.5, 0.6) is 0 Å². The number of carboxylic acids is 1. The molecule has 2 atom stereocenters. The molecule has 0 fully saturated rings. The van der Waals surface area contributed by atoms with Gasteiger partial charge in [0.05, 0.1) is 6.61 Å². The highest BCUT2D eigenvalue weighted by atomic mass is 16.4. The second kappa shape index (κ2) is 4.39. The Morgan fingerprint density at radius 2 is 2.29 bits per heavy atom. The minimum Gasteiger partial charge on any atom is -0.480 e. The van der Waals surface area contributed by atoms with Crippen molar-refractivity contribution >= 4 is 5.97 Å². The lowest BCUT2D eigenvalue weighted by Gasteiger charge is -2.30. The molecule has 0 aromatic heterocycles. The van der Waals surface area contributed by atoms with E-state index in [1.54, 1.807) is 0 Å². The van der Waals surface area contributed by atoms with Crippen molar-refractivity contribution in [3.8, 4) is 0 Å². The largest absolute Gasteiger partial charge is 0.480 e. The number of carboxylic acid groups (broad SMARTS) is 1. The first-order chi connectivity index (χ1) is 6.59. The molecular formula is C10H15NO3. The average molecular weight is 197 g/mol. The lowest BCUT2D eigenvalue weighted by Crippen LogP contribution is -2.38. The smallest absolute Gasteiger partial charge is 0.320 e. The molecule has 0 aromatic rings. The number of aliphatic carboxylic acids is 1. The highest BCUT2D eigenvalue weighted by molar-refractivity contribution is 5.73. The fourth-order valence-corrected chi connectivity index (χ4v) is 1.57. The maximum absolute atomic E-state index is 10.6. The van der Waals surface area contributed by atoms with E-state index in [4.69, 9.17) is 10.8 Å². The van der Waals surface area contributed by atoms with E-state index < -0.39 is 17.4 Å². The summed E-state index contributed by atoms with van der Waals surface area (Å²) in [5, 5.41) is 17.9. The molecule has 1 rings (SSSR count). The summed E-state index contributed by atoms with van der Waals surface area (Å²) < 4.78 is 0. The van der Waals surface area contributed by atoms with Gasteiger partial charge in [-0.2, -0.15) is 0 Å². The molecular weight excluding hydrogens is 182 g/mol. The summed E-state index contributed by atoms with van der Waals surface area (Å²) in [6.45, 7) is -0.0746. The average Bonchev–Trinajstić information content (AvgIpc) is 2.19. The van der Waals surface area contributed by atoms with Gasteiger partial charge in [0.2, 0.25) is 0 Å². The number of hydrogen-bond acceptors (Lipinski definition) is 3. The maximum atomic E-state index is 10.6. The number of hydrogen-bond donors (Lipinski definition) is 3. The van der Waals surface area contributed by atoms with Crippen LogP contribution in [0, 0.1) is 5.41 Å². The number of nitrogens with two attached hydrogens (primary N) is 1. The fraction of sp³-hybridized carbons (Fsp3) is 0.500. The molecule has 0 aliphatic heterocycles. The second-order valence-electron chi connectivity index (χ2n) is 3.66. The van der Waals surface area contributed by atoms with Crippen molar-refractivity contribution in [1.29, 1.82) is 0 Å². The Morgan fingerprint density at radius 3 is 2.71 bits per heavy atom. The third-order valence-electron chi connectivity index (χ3n) is 2.48. The zero-order valence-corrected chi connectivity index (χ0v) is 7.89. The van der Waals surface area contributed by atoms with Gasteiger partial charge in [-0.05, 0) is 12.8 Å². The molecule has 14 heavy (non-hydrogen) atoms. The van der Waals surface area contributed by atoms with Gasteiger partial charge < -0.3 is 15.9 Å². The van der Waals surface area contributed by atoms with Gasteiger partial charge in [0.1, 0.15) is 6.04 Å². The summed E-state index contributed by atoms with van der Waals surface area (Å²) in [5.41, 5.74) is 4.95. The molecule has 0 radical (unpaired) electrons. The van der Waals surface area contributed by atoms with Crippen LogP contribution >= 0.6 is 0 Å². The molecule has 1 unspecified atom stereocenters. The molecule has 0 amide bonds. The molecule has 0 heterocycles. The molecule has 1 aliphatic rings. The summed E-state index contributed by atoms with van der Waals surface area (Å²) >= 11 is 0. The first-order valence-corrected chi connectivity index (χ1v) is 4.53. The molecule has 0 saturated carbocycles. The Morgan fingerprint density at radius 1 is 1.57 bits per heavy atom. The van der Waals surface area contributed by atoms with Crippen molar-refractivity contribution < 1.29 is 15.0 Å². The zero-order chi connectivity index (χ0) is 10.6. The number of rotatable bonds is 4. The highest BCUT2D eigenvalue weighted by Gasteiger charge is 2.31. The van der Waals surface area contributed by atoms with Gasteiger partial charge in [0.25, 0.3) is 0 Å². The zero-order valence-electron chi connectivity index (χ0n) is 7.89. The van der Waals surface area contributed by atoms with Crippen LogP contribution in [0.4, 0.5) is 0 Å². The van der Waals surface area contributed by atoms with Crippen molar-refractivity contribution in [3.63, 3.8) is 0 Å². The van der Waals surface area contributed by atoms with E-state index in [0.29, 0.717) is 6.42 Å². The predicted molar refractivity (Wildman–Crippen MR) is 52.6 cm³/mol. The fourth-order valence-electron chi connectivity index (χ4n) is 1.57. The lowest BCUT2D eigenvalue weighted by atomic mass is 9.77. The molecule has 4 heteroatoms. The minimum atomic E-state index is -1.03. The van der Waals surface area contributed by atoms with E-state index in [0.717, 1.165) is 0 Å². The van der Waals surface area contributed by atoms with Crippen molar-refractivity contribution in [2.75, 3.05) is 6.61 Å². The van der Waals surface area contributed by atoms with Gasteiger partial charge in [-0.25, -0.2) is 0 Å². The Labute approximate surface area is 82.7 Å². The van der Waals surface area contributed by atoms with Crippen LogP contribution in [0.25, 0.3) is 0 Å². The SMILES string of the molecule is N[C@@H](CC1(CO)C=CC=CC1)C(=O)O. The Balaban J connectivity index is 2.67. The normalized spacial score (nSPS) is 27.6. The quantitative estimate of drug-likeness (QED) is 0.604. The topological polar surface area (TPSA) is 83.5 Å². The summed E-state index contributed by atoms with van der Waals surface area (Å²) in [4.78, 5) is 10.6. The Hall–Kier alpha value is -1.13. The molecule has 4 N–H and O–H groups in total. The highest BCUT2D eigenvalue weighted by Crippen LogP contribution is 2.32. The monoisotopic (exact) mass is 197 g/mol. The van der Waals surface area contributed by atoms with Gasteiger partial charge in [-0.1, -0.05) is 24.3 Å². The molecule has 0 aromatic carbocycles. The maximum Gasteiger partial charge on any atom is 0.320 e. The number of carbonyl (C=O) groups is 1. The Kier molecular flexibility index (Phi) is 3.43. The van der Waals surface area contributed by atoms with Gasteiger partial charge in [-0.15, -0.1) is 0 Å². The summed E-state index contributed by atoms with van der Waals surface area (Å²) in [6, 6.07) is -0.918. The molecule has 1 aliphatic carbocycles. The third-order valence-corrected chi connectivity index (χ3v) is 2.48. The molecule has 0 spiro atoms. The van der Waals surface area contributed by atoms with E-state index in [9.17, 15) is 9.90 Å². The second-order valence-corrected chi connectivity index (χ2v) is 3.66. The van der Waals surface area contributed by atoms with E-state index in [2.05, 4.69) is 0 Å². The molecule has 0 bridgehead atoms. The summed E-state index contributed by atoms with van der Waals surface area (Å²) in [7, 11) is 0. The number of aliphatic hydroxyl groups is 1. The van der Waals surface area contributed by atoms with Crippen molar-refractivity contribution in [3.05, 3.63) is 24.3 Å². The molecule has 4 nitrogen and oxygen atoms in total. The first kappa shape index (κ1) is 10.9. The van der Waals surface area contributed by atoms with Gasteiger partial charge >= 0.3 is 5.97 Å². The van der Waals surface area contributed by atoms with Crippen molar-refractivity contribution in [1.82, 2.24) is 0 Å². The van der Waals surface area contributed by atoms with E-state index in [1.807, 2.05) is 24.3 Å². The number of aliphatic hydroxyl groups excluding tert-OH is 1. The summed E-state index contributed by atoms with van der Waals surface area (Å²) in [6.07, 6.45) is 8.33. The minimum absolute atomic E-state index is 0.0746. The van der Waals surface area contributed by atoms with E-state index in [-0.39, 0.29) is 13.0 Å². The van der Waals surface area contributed by atoms with E-state index >= 15 is 0 Å². The summed E-state index contributed by atoms with van der Waals surface area (Å²) in [5.74, 6) is -1.03. The van der Waals surface area contributed by atoms with Crippen LogP contribution < -0.4 is 5.73 Å². The van der Waals surface area contributed by atoms with Gasteiger partial charge in [-0.3, -0.25) is 4.79 Å². The van der Waals surface area contributed by atoms with Crippen LogP contribution in [-0.4, -0.2) is 28.8 Å². The third kappa shape index (κ3) is 2.43. The first-order valence-electron chi connectivity index (χ1n) is 4.53. The van der Waals surface area contributed by atoms with Gasteiger partial charge in [0, 0.05) is 5.41 Å². The number of allylic oxidation sites excluding steroid dienone is 3.